The molecule has 3 aromatic carbocycles. The number of carbonyl (C=O) groups excluding carboxylic acids is 5. The fraction of sp³-hybridized carbons (Fsp3) is 0.258. The van der Waals surface area contributed by atoms with Crippen LogP contribution in [0.1, 0.15) is 49.5 Å². The molecule has 0 bridgehead atoms. The highest BCUT2D eigenvalue weighted by atomic mass is 79.9. The summed E-state index contributed by atoms with van der Waals surface area (Å²) in [6.45, 7) is 1.30. The lowest BCUT2D eigenvalue weighted by Crippen LogP contribution is -2.52. The van der Waals surface area contributed by atoms with Crippen LogP contribution in [-0.2, 0) is 9.59 Å². The largest absolute Gasteiger partial charge is 0.423 e. The van der Waals surface area contributed by atoms with Crippen LogP contribution in [0.25, 0.3) is 0 Å². The molecule has 0 radical (unpaired) electrons. The zero-order valence-electron chi connectivity index (χ0n) is 22.6. The maximum absolute atomic E-state index is 13.8. The Morgan fingerprint density at radius 1 is 0.814 bits per heavy atom. The van der Waals surface area contributed by atoms with Crippen molar-refractivity contribution in [3.63, 3.8) is 0 Å². The number of esters is 1. The fourth-order valence-electron chi connectivity index (χ4n) is 5.12. The van der Waals surface area contributed by atoms with Gasteiger partial charge in [0.05, 0.1) is 27.4 Å². The number of carbonyl (C=O) groups is 5. The molecule has 8 nitrogen and oxygen atoms in total. The molecular formula is C31H24Br2Cl2N2O6. The molecule has 2 aliphatic rings. The normalized spacial score (nSPS) is 21.4. The number of alkyl halides is 2. The van der Waals surface area contributed by atoms with Crippen LogP contribution in [0.15, 0.2) is 66.7 Å². The summed E-state index contributed by atoms with van der Waals surface area (Å²) in [4.78, 5) is 66.8. The van der Waals surface area contributed by atoms with Gasteiger partial charge in [-0.1, -0.05) is 72.8 Å². The number of Topliss-reactive ketones (excluding diaryl/α,β-unsaturated/α-hetero) is 1. The van der Waals surface area contributed by atoms with Gasteiger partial charge >= 0.3 is 5.97 Å². The number of amides is 3. The van der Waals surface area contributed by atoms with E-state index < -0.39 is 47.9 Å². The summed E-state index contributed by atoms with van der Waals surface area (Å²) in [7, 11) is 0. The molecule has 1 aliphatic heterocycles. The van der Waals surface area contributed by atoms with Gasteiger partial charge in [0.1, 0.15) is 12.3 Å². The van der Waals surface area contributed by atoms with Crippen molar-refractivity contribution in [3.05, 3.63) is 99.0 Å². The van der Waals surface area contributed by atoms with Crippen molar-refractivity contribution in [1.29, 1.82) is 0 Å². The highest BCUT2D eigenvalue weighted by Crippen LogP contribution is 2.43. The summed E-state index contributed by atoms with van der Waals surface area (Å²) < 4.78 is 5.41. The van der Waals surface area contributed by atoms with E-state index in [0.717, 1.165) is 15.6 Å². The number of hydrogen-bond donors (Lipinski definition) is 0. The Morgan fingerprint density at radius 2 is 1.35 bits per heavy atom. The second-order valence-electron chi connectivity index (χ2n) is 10.4. The van der Waals surface area contributed by atoms with Gasteiger partial charge in [-0.25, -0.2) is 9.80 Å². The smallest absolute Gasteiger partial charge is 0.343 e. The second-order valence-corrected chi connectivity index (χ2v) is 13.6. The molecule has 0 unspecified atom stereocenters. The van der Waals surface area contributed by atoms with Gasteiger partial charge in [0.25, 0.3) is 17.7 Å². The minimum absolute atomic E-state index is 0.0371. The summed E-state index contributed by atoms with van der Waals surface area (Å²) in [6, 6.07) is 16.9. The van der Waals surface area contributed by atoms with Crippen molar-refractivity contribution in [2.45, 2.75) is 29.4 Å². The first kappa shape index (κ1) is 31.4. The van der Waals surface area contributed by atoms with Crippen LogP contribution in [0, 0.1) is 18.8 Å². The highest BCUT2D eigenvalue weighted by molar-refractivity contribution is 9.12. The summed E-state index contributed by atoms with van der Waals surface area (Å²) in [5.41, 5.74) is 1.61. The second kappa shape index (κ2) is 12.9. The number of aryl methyl sites for hydroxylation is 1. The van der Waals surface area contributed by atoms with Crippen molar-refractivity contribution in [2.24, 2.45) is 11.8 Å². The maximum atomic E-state index is 13.8. The standard InChI is InChI=1S/C31H24Br2Cl2N2O6/c1-16-2-4-18(5-3-16)31(42)43-20-9-6-17(7-10-20)27(38)15-36(28(39)19-8-11-25(34)26(35)12-19)37-29(40)21-13-23(32)24(33)14-22(21)30(37)41/h2-12,21-24H,13-15H2,1H3/t21-,22-,23-,24+/m1/s1. The Hall–Kier alpha value is -3.05. The Bertz CT molecular complexity index is 1590. The zero-order valence-corrected chi connectivity index (χ0v) is 27.3. The number of nitrogens with zero attached hydrogens (tertiary/aromatic N) is 2. The summed E-state index contributed by atoms with van der Waals surface area (Å²) >= 11 is 19.3. The van der Waals surface area contributed by atoms with E-state index in [2.05, 4.69) is 31.9 Å². The van der Waals surface area contributed by atoms with Gasteiger partial charge in [0.2, 0.25) is 0 Å². The predicted octanol–water partition coefficient (Wildman–Crippen LogP) is 6.68. The lowest BCUT2D eigenvalue weighted by Gasteiger charge is -2.30. The van der Waals surface area contributed by atoms with E-state index in [4.69, 9.17) is 27.9 Å². The summed E-state index contributed by atoms with van der Waals surface area (Å²) in [5.74, 6) is -4.00. The monoisotopic (exact) mass is 748 g/mol. The first-order chi connectivity index (χ1) is 20.4. The Morgan fingerprint density at radius 3 is 1.91 bits per heavy atom. The molecule has 5 rings (SSSR count). The summed E-state index contributed by atoms with van der Waals surface area (Å²) in [6.07, 6.45) is 0.792. The van der Waals surface area contributed by atoms with Gasteiger partial charge < -0.3 is 4.74 Å². The molecule has 1 saturated heterocycles. The molecule has 12 heteroatoms. The minimum atomic E-state index is -0.762. The molecule has 1 heterocycles. The molecule has 3 aromatic rings. The Balaban J connectivity index is 1.39. The van der Waals surface area contributed by atoms with Crippen LogP contribution >= 0.6 is 55.1 Å². The van der Waals surface area contributed by atoms with Crippen LogP contribution in [0.4, 0.5) is 0 Å². The first-order valence-electron chi connectivity index (χ1n) is 13.3. The molecule has 0 spiro atoms. The van der Waals surface area contributed by atoms with Gasteiger partial charge in [-0.3, -0.25) is 19.2 Å². The Kier molecular flexibility index (Phi) is 9.41. The SMILES string of the molecule is Cc1ccc(C(=O)Oc2ccc(C(=O)CN(C(=O)c3ccc(Cl)c(Cl)c3)N3C(=O)[C@@H]4C[C@@H](Br)[C@@H](Br)C[C@H]4C3=O)cc2)cc1. The van der Waals surface area contributed by atoms with Crippen LogP contribution in [-0.4, -0.2) is 55.7 Å². The van der Waals surface area contributed by atoms with Crippen LogP contribution in [0.3, 0.4) is 0 Å². The number of hydrazine groups is 1. The first-order valence-corrected chi connectivity index (χ1v) is 15.9. The fourth-order valence-corrected chi connectivity index (χ4v) is 6.65. The molecule has 1 saturated carbocycles. The number of benzene rings is 3. The van der Waals surface area contributed by atoms with E-state index in [1.54, 1.807) is 24.3 Å². The van der Waals surface area contributed by atoms with Crippen LogP contribution < -0.4 is 4.74 Å². The van der Waals surface area contributed by atoms with Crippen LogP contribution in [0.5, 0.6) is 5.75 Å². The number of ether oxygens (including phenoxy) is 1. The van der Waals surface area contributed by atoms with Gasteiger partial charge in [0, 0.05) is 20.8 Å². The lowest BCUT2D eigenvalue weighted by molar-refractivity contribution is -0.154. The van der Waals surface area contributed by atoms with E-state index in [0.29, 0.717) is 18.4 Å². The van der Waals surface area contributed by atoms with E-state index >= 15 is 0 Å². The molecular weight excluding hydrogens is 727 g/mol. The highest BCUT2D eigenvalue weighted by Gasteiger charge is 2.54. The van der Waals surface area contributed by atoms with Crippen molar-refractivity contribution >= 4 is 84.5 Å². The molecule has 0 aromatic heterocycles. The van der Waals surface area contributed by atoms with E-state index in [-0.39, 0.29) is 36.6 Å². The number of halogens is 4. The number of fused-ring (bicyclic) bond motifs is 1. The number of hydrogen-bond acceptors (Lipinski definition) is 6. The van der Waals surface area contributed by atoms with Gasteiger partial charge in [-0.15, -0.1) is 0 Å². The average Bonchev–Trinajstić information content (AvgIpc) is 3.21. The third kappa shape index (κ3) is 6.57. The maximum Gasteiger partial charge on any atom is 0.343 e. The van der Waals surface area contributed by atoms with E-state index in [1.165, 1.54) is 42.5 Å². The topological polar surface area (TPSA) is 101 Å². The van der Waals surface area contributed by atoms with E-state index in [1.807, 2.05) is 6.92 Å². The van der Waals surface area contributed by atoms with E-state index in [9.17, 15) is 24.0 Å². The quantitative estimate of drug-likeness (QED) is 0.0879. The molecule has 43 heavy (non-hydrogen) atoms. The summed E-state index contributed by atoms with van der Waals surface area (Å²) in [5, 5.41) is 2.00. The van der Waals surface area contributed by atoms with Gasteiger partial charge in [-0.05, 0) is 74.4 Å². The molecule has 3 amide bonds. The van der Waals surface area contributed by atoms with Gasteiger partial charge in [-0.2, -0.15) is 5.01 Å². The third-order valence-electron chi connectivity index (χ3n) is 7.50. The third-order valence-corrected chi connectivity index (χ3v) is 11.0. The molecule has 0 N–H and O–H groups in total. The van der Waals surface area contributed by atoms with Crippen molar-refractivity contribution in [2.75, 3.05) is 6.54 Å². The lowest BCUT2D eigenvalue weighted by atomic mass is 9.81. The van der Waals surface area contributed by atoms with Crippen molar-refractivity contribution in [3.8, 4) is 5.75 Å². The van der Waals surface area contributed by atoms with Gasteiger partial charge in [0.15, 0.2) is 5.78 Å². The zero-order chi connectivity index (χ0) is 31.0. The minimum Gasteiger partial charge on any atom is -0.423 e. The van der Waals surface area contributed by atoms with Crippen LogP contribution in [0.2, 0.25) is 10.0 Å². The number of rotatable bonds is 7. The molecule has 2 fully saturated rings. The van der Waals surface area contributed by atoms with Crippen molar-refractivity contribution < 1.29 is 28.7 Å². The molecule has 222 valence electrons. The number of imide groups is 1. The average molecular weight is 751 g/mol. The number of ketones is 1. The molecule has 1 aliphatic carbocycles. The van der Waals surface area contributed by atoms with Crippen molar-refractivity contribution in [1.82, 2.24) is 10.0 Å². The molecule has 4 atom stereocenters. The Labute approximate surface area is 274 Å². The predicted molar refractivity (Wildman–Crippen MR) is 168 cm³/mol.